The van der Waals surface area contributed by atoms with Gasteiger partial charge >= 0.3 is 0 Å². The third-order valence-electron chi connectivity index (χ3n) is 12.7. The molecular formula is C34H51N3O2S. The Bertz CT molecular complexity index is 1090. The molecule has 4 saturated carbocycles. The molecule has 6 aliphatic rings. The monoisotopic (exact) mass is 565 g/mol. The number of fused-ring (bicyclic) bond motifs is 5. The lowest BCUT2D eigenvalue weighted by molar-refractivity contribution is -0.140. The Morgan fingerprint density at radius 1 is 0.925 bits per heavy atom. The van der Waals surface area contributed by atoms with Crippen LogP contribution in [0.4, 0.5) is 0 Å². The minimum absolute atomic E-state index is 0.0379. The number of allylic oxidation sites excluding steroid dienone is 3. The van der Waals surface area contributed by atoms with Crippen molar-refractivity contribution in [2.75, 3.05) is 0 Å². The van der Waals surface area contributed by atoms with E-state index in [1.807, 2.05) is 0 Å². The predicted octanol–water partition coefficient (Wildman–Crippen LogP) is 6.96. The van der Waals surface area contributed by atoms with Crippen LogP contribution < -0.4 is 11.1 Å². The van der Waals surface area contributed by atoms with Crippen molar-refractivity contribution < 1.29 is 9.59 Å². The maximum absolute atomic E-state index is 14.7. The Balaban J connectivity index is 1.23. The van der Waals surface area contributed by atoms with Crippen LogP contribution in [0, 0.1) is 34.5 Å². The highest BCUT2D eigenvalue weighted by molar-refractivity contribution is 7.80. The van der Waals surface area contributed by atoms with E-state index in [-0.39, 0.29) is 28.7 Å². The van der Waals surface area contributed by atoms with E-state index in [4.69, 9.17) is 18.0 Å². The van der Waals surface area contributed by atoms with Gasteiger partial charge in [-0.1, -0.05) is 64.5 Å². The first-order chi connectivity index (χ1) is 19.2. The molecule has 220 valence electrons. The summed E-state index contributed by atoms with van der Waals surface area (Å²) in [6.07, 6.45) is 23.9. The van der Waals surface area contributed by atoms with Crippen LogP contribution in [0.25, 0.3) is 0 Å². The highest BCUT2D eigenvalue weighted by atomic mass is 32.1. The van der Waals surface area contributed by atoms with E-state index >= 15 is 0 Å². The predicted molar refractivity (Wildman–Crippen MR) is 164 cm³/mol. The van der Waals surface area contributed by atoms with Crippen molar-refractivity contribution in [3.05, 3.63) is 23.3 Å². The zero-order valence-electron chi connectivity index (χ0n) is 24.9. The van der Waals surface area contributed by atoms with Crippen LogP contribution in [0.15, 0.2) is 23.3 Å². The summed E-state index contributed by atoms with van der Waals surface area (Å²) in [5.74, 6) is 1.94. The number of carbonyl (C=O) groups is 2. The average molecular weight is 566 g/mol. The lowest BCUT2D eigenvalue weighted by atomic mass is 9.48. The van der Waals surface area contributed by atoms with Gasteiger partial charge in [0.1, 0.15) is 0 Å². The maximum Gasteiger partial charge on any atom is 0.244 e. The van der Waals surface area contributed by atoms with Crippen LogP contribution in [0.1, 0.15) is 123 Å². The summed E-state index contributed by atoms with van der Waals surface area (Å²) in [4.78, 5) is 28.7. The fourth-order valence-electron chi connectivity index (χ4n) is 10.4. The summed E-state index contributed by atoms with van der Waals surface area (Å²) in [7, 11) is 0. The van der Waals surface area contributed by atoms with Crippen LogP contribution in [-0.4, -0.2) is 33.9 Å². The second-order valence-electron chi connectivity index (χ2n) is 14.7. The molecule has 0 heterocycles. The van der Waals surface area contributed by atoms with Gasteiger partial charge in [-0.15, -0.1) is 0 Å². The van der Waals surface area contributed by atoms with E-state index in [2.05, 4.69) is 36.2 Å². The van der Waals surface area contributed by atoms with Gasteiger partial charge in [0, 0.05) is 23.6 Å². The van der Waals surface area contributed by atoms with Crippen molar-refractivity contribution in [3.63, 3.8) is 0 Å². The summed E-state index contributed by atoms with van der Waals surface area (Å²) in [5, 5.41) is 4.41. The van der Waals surface area contributed by atoms with Gasteiger partial charge < -0.3 is 11.1 Å². The molecule has 0 radical (unpaired) electrons. The molecule has 5 nitrogen and oxygen atoms in total. The second-order valence-corrected chi connectivity index (χ2v) is 15.1. The van der Waals surface area contributed by atoms with Crippen LogP contribution in [0.3, 0.4) is 0 Å². The molecule has 0 aromatic carbocycles. The third kappa shape index (κ3) is 4.88. The largest absolute Gasteiger partial charge is 0.366 e. The van der Waals surface area contributed by atoms with Gasteiger partial charge in [0.2, 0.25) is 11.8 Å². The Kier molecular flexibility index (Phi) is 7.95. The first-order valence-electron chi connectivity index (χ1n) is 16.6. The Morgan fingerprint density at radius 2 is 1.62 bits per heavy atom. The van der Waals surface area contributed by atoms with Crippen LogP contribution >= 0.6 is 12.2 Å². The van der Waals surface area contributed by atoms with E-state index in [9.17, 15) is 9.59 Å². The van der Waals surface area contributed by atoms with Crippen LogP contribution in [0.5, 0.6) is 0 Å². The van der Waals surface area contributed by atoms with Crippen molar-refractivity contribution in [1.82, 2.24) is 10.2 Å². The fourth-order valence-corrected chi connectivity index (χ4v) is 10.8. The van der Waals surface area contributed by atoms with E-state index in [1.54, 1.807) is 0 Å². The fraction of sp³-hybridized carbons (Fsp3) is 0.794. The second kappa shape index (κ2) is 11.2. The molecular weight excluding hydrogens is 514 g/mol. The standard InChI is InChI=1S/C34H51N3O2S/c1-33-19-17-22(30(35)38)21-23(33)13-14-26-27-15-16-29(34(27,2)20-18-28(26)33)31(39)37(25-11-7-4-8-12-25)32(40)36-24-9-5-3-6-10-24/h13,21,24-29H,3-12,14-20H2,1-2H3,(H2,35,38)(H,36,40)/t26-,27-,28-,29+,33-,34-/m0/s1. The lowest BCUT2D eigenvalue weighted by Gasteiger charge is -2.57. The zero-order chi connectivity index (χ0) is 28.1. The minimum atomic E-state index is -0.267. The van der Waals surface area contributed by atoms with Crippen molar-refractivity contribution >= 4 is 29.1 Å². The van der Waals surface area contributed by atoms with Gasteiger partial charge in [-0.3, -0.25) is 14.5 Å². The molecule has 0 aromatic rings. The quantitative estimate of drug-likeness (QED) is 0.362. The molecule has 0 aliphatic heterocycles. The van der Waals surface area contributed by atoms with Gasteiger partial charge in [0.25, 0.3) is 0 Å². The van der Waals surface area contributed by atoms with Gasteiger partial charge in [-0.05, 0) is 117 Å². The topological polar surface area (TPSA) is 75.4 Å². The normalized spacial score (nSPS) is 38.2. The Hall–Kier alpha value is -1.69. The van der Waals surface area contributed by atoms with Gasteiger partial charge in [-0.25, -0.2) is 0 Å². The number of hydrogen-bond donors (Lipinski definition) is 2. The molecule has 6 rings (SSSR count). The summed E-state index contributed by atoms with van der Waals surface area (Å²) in [6, 6.07) is 0.683. The lowest BCUT2D eigenvalue weighted by Crippen LogP contribution is -2.57. The highest BCUT2D eigenvalue weighted by Crippen LogP contribution is 2.66. The molecule has 3 N–H and O–H groups in total. The summed E-state index contributed by atoms with van der Waals surface area (Å²) >= 11 is 6.08. The first-order valence-corrected chi connectivity index (χ1v) is 17.0. The summed E-state index contributed by atoms with van der Waals surface area (Å²) in [6.45, 7) is 4.89. The number of thiocarbonyl (C=S) groups is 1. The molecule has 6 heteroatoms. The molecule has 0 bridgehead atoms. The van der Waals surface area contributed by atoms with E-state index in [0.29, 0.717) is 29.7 Å². The molecule has 0 saturated heterocycles. The number of amides is 2. The van der Waals surface area contributed by atoms with Gasteiger partial charge in [-0.2, -0.15) is 0 Å². The van der Waals surface area contributed by atoms with Crippen molar-refractivity contribution in [2.24, 2.45) is 40.2 Å². The number of nitrogens with zero attached hydrogens (tertiary/aromatic N) is 1. The molecule has 0 spiro atoms. The molecule has 6 atom stereocenters. The number of carbonyl (C=O) groups excluding carboxylic acids is 2. The Morgan fingerprint density at radius 3 is 2.33 bits per heavy atom. The molecule has 4 fully saturated rings. The van der Waals surface area contributed by atoms with Crippen LogP contribution in [-0.2, 0) is 9.59 Å². The van der Waals surface area contributed by atoms with E-state index in [1.165, 1.54) is 63.4 Å². The number of nitrogens with one attached hydrogen (secondary N) is 1. The molecule has 6 aliphatic carbocycles. The van der Waals surface area contributed by atoms with Gasteiger partial charge in [0.05, 0.1) is 0 Å². The number of primary amides is 1. The molecule has 0 aromatic heterocycles. The number of nitrogens with two attached hydrogens (primary N) is 1. The highest BCUT2D eigenvalue weighted by Gasteiger charge is 2.60. The summed E-state index contributed by atoms with van der Waals surface area (Å²) < 4.78 is 0. The molecule has 40 heavy (non-hydrogen) atoms. The number of hydrogen-bond acceptors (Lipinski definition) is 3. The Labute approximate surface area is 247 Å². The summed E-state index contributed by atoms with van der Waals surface area (Å²) in [5.41, 5.74) is 7.94. The van der Waals surface area contributed by atoms with Crippen LogP contribution in [0.2, 0.25) is 0 Å². The molecule has 0 unspecified atom stereocenters. The van der Waals surface area contributed by atoms with E-state index in [0.717, 1.165) is 62.1 Å². The zero-order valence-corrected chi connectivity index (χ0v) is 25.7. The minimum Gasteiger partial charge on any atom is -0.366 e. The van der Waals surface area contributed by atoms with Crippen molar-refractivity contribution in [2.45, 2.75) is 135 Å². The average Bonchev–Trinajstić information content (AvgIpc) is 3.31. The third-order valence-corrected chi connectivity index (χ3v) is 13.0. The smallest absolute Gasteiger partial charge is 0.244 e. The maximum atomic E-state index is 14.7. The van der Waals surface area contributed by atoms with Gasteiger partial charge in [0.15, 0.2) is 5.11 Å². The van der Waals surface area contributed by atoms with Crippen molar-refractivity contribution in [1.29, 1.82) is 0 Å². The SMILES string of the molecule is C[C@]12CC[C@H]3[C@@H](CC=C4C=C(C(N)=O)CC[C@@]43C)[C@@H]1CC[C@@H]2C(=O)N(C(=S)NC1CCCCC1)C1CCCCC1. The van der Waals surface area contributed by atoms with E-state index < -0.39 is 0 Å². The first kappa shape index (κ1) is 28.4. The molecule has 2 amide bonds. The number of rotatable bonds is 4. The van der Waals surface area contributed by atoms with Crippen molar-refractivity contribution in [3.8, 4) is 0 Å².